The van der Waals surface area contributed by atoms with Gasteiger partial charge in [-0.2, -0.15) is 10.5 Å². The first kappa shape index (κ1) is 10.4. The van der Waals surface area contributed by atoms with Gasteiger partial charge in [0.05, 0.1) is 11.3 Å². The Bertz CT molecular complexity index is 589. The molecule has 0 saturated carbocycles. The van der Waals surface area contributed by atoms with Crippen LogP contribution in [0.1, 0.15) is 5.56 Å². The fourth-order valence-electron chi connectivity index (χ4n) is 1.53. The maximum atomic E-state index is 11.6. The summed E-state index contributed by atoms with van der Waals surface area (Å²) in [5.74, 6) is -0.411. The Kier molecular flexibility index (Phi) is 2.47. The number of rotatable bonds is 0. The summed E-state index contributed by atoms with van der Waals surface area (Å²) in [5, 5.41) is 20.1. The summed E-state index contributed by atoms with van der Waals surface area (Å²) in [5.41, 5.74) is 1.18. The highest BCUT2D eigenvalue weighted by Gasteiger charge is 2.27. The molecule has 0 unspecified atom stereocenters. The number of fused-ring (bicyclic) bond motifs is 1. The molecule has 0 fully saturated rings. The molecule has 1 heterocycles. The van der Waals surface area contributed by atoms with Crippen molar-refractivity contribution in [1.29, 1.82) is 10.5 Å². The van der Waals surface area contributed by atoms with Gasteiger partial charge in [-0.15, -0.1) is 0 Å². The molecule has 1 aliphatic heterocycles. The minimum absolute atomic E-state index is 0.146. The van der Waals surface area contributed by atoms with E-state index >= 15 is 0 Å². The van der Waals surface area contributed by atoms with Crippen LogP contribution in [0.15, 0.2) is 28.2 Å². The number of nitriles is 2. The Morgan fingerprint density at radius 1 is 1.31 bits per heavy atom. The highest BCUT2D eigenvalue weighted by atomic mass is 79.9. The average molecular weight is 274 g/mol. The molecule has 0 spiro atoms. The third-order valence-electron chi connectivity index (χ3n) is 2.20. The number of benzene rings is 1. The quantitative estimate of drug-likeness (QED) is 0.582. The fraction of sp³-hybridized carbons (Fsp3) is 0. The van der Waals surface area contributed by atoms with Gasteiger partial charge in [0.2, 0.25) is 0 Å². The lowest BCUT2D eigenvalue weighted by Gasteiger charge is -1.97. The molecular weight excluding hydrogens is 270 g/mol. The minimum atomic E-state index is -0.411. The van der Waals surface area contributed by atoms with Crippen LogP contribution < -0.4 is 5.32 Å². The zero-order valence-corrected chi connectivity index (χ0v) is 9.50. The van der Waals surface area contributed by atoms with Crippen molar-refractivity contribution in [2.75, 3.05) is 5.32 Å². The van der Waals surface area contributed by atoms with Crippen LogP contribution in [0.4, 0.5) is 5.69 Å². The van der Waals surface area contributed by atoms with E-state index in [9.17, 15) is 4.79 Å². The van der Waals surface area contributed by atoms with Crippen molar-refractivity contribution in [3.63, 3.8) is 0 Å². The van der Waals surface area contributed by atoms with Crippen LogP contribution in [0, 0.1) is 22.7 Å². The third kappa shape index (κ3) is 1.48. The van der Waals surface area contributed by atoms with Gasteiger partial charge in [-0.1, -0.05) is 22.0 Å². The molecule has 2 rings (SSSR count). The Morgan fingerprint density at radius 2 is 2.00 bits per heavy atom. The third-order valence-corrected chi connectivity index (χ3v) is 2.69. The van der Waals surface area contributed by atoms with Gasteiger partial charge in [0, 0.05) is 10.0 Å². The highest BCUT2D eigenvalue weighted by Crippen LogP contribution is 2.35. The molecule has 4 nitrogen and oxygen atoms in total. The van der Waals surface area contributed by atoms with E-state index in [1.807, 2.05) is 0 Å². The zero-order valence-electron chi connectivity index (χ0n) is 7.91. The van der Waals surface area contributed by atoms with Crippen LogP contribution in [-0.2, 0) is 4.79 Å². The van der Waals surface area contributed by atoms with Crippen LogP contribution in [-0.4, -0.2) is 5.91 Å². The van der Waals surface area contributed by atoms with Gasteiger partial charge in [-0.3, -0.25) is 4.79 Å². The van der Waals surface area contributed by atoms with E-state index in [1.54, 1.807) is 30.3 Å². The Balaban J connectivity index is 2.72. The van der Waals surface area contributed by atoms with Crippen molar-refractivity contribution in [3.05, 3.63) is 33.8 Å². The summed E-state index contributed by atoms with van der Waals surface area (Å²) >= 11 is 3.28. The second-order valence-electron chi connectivity index (χ2n) is 3.12. The first-order chi connectivity index (χ1) is 7.67. The summed E-state index contributed by atoms with van der Waals surface area (Å²) in [6.45, 7) is 0. The molecule has 0 aromatic heterocycles. The predicted molar refractivity (Wildman–Crippen MR) is 60.9 cm³/mol. The van der Waals surface area contributed by atoms with Crippen molar-refractivity contribution in [2.45, 2.75) is 0 Å². The average Bonchev–Trinajstić information content (AvgIpc) is 2.57. The molecule has 0 saturated heterocycles. The van der Waals surface area contributed by atoms with Gasteiger partial charge in [0.15, 0.2) is 0 Å². The lowest BCUT2D eigenvalue weighted by molar-refractivity contribution is -0.110. The second-order valence-corrected chi connectivity index (χ2v) is 4.03. The maximum absolute atomic E-state index is 11.6. The molecule has 0 radical (unpaired) electrons. The number of hydrogen-bond acceptors (Lipinski definition) is 3. The molecule has 0 bridgehead atoms. The molecule has 0 aliphatic carbocycles. The van der Waals surface area contributed by atoms with Gasteiger partial charge in [-0.25, -0.2) is 0 Å². The van der Waals surface area contributed by atoms with E-state index in [4.69, 9.17) is 10.5 Å². The molecule has 5 heteroatoms. The molecule has 1 aliphatic rings. The summed E-state index contributed by atoms with van der Waals surface area (Å²) in [6.07, 6.45) is 0. The van der Waals surface area contributed by atoms with Crippen molar-refractivity contribution >= 4 is 33.1 Å². The SMILES string of the molecule is N#CC(C#N)=C1C(=O)Nc2cc(Br)ccc21. The number of amides is 1. The predicted octanol–water partition coefficient (Wildman–Crippen LogP) is 2.20. The van der Waals surface area contributed by atoms with Crippen LogP contribution in [0.2, 0.25) is 0 Å². The van der Waals surface area contributed by atoms with Crippen molar-refractivity contribution in [3.8, 4) is 12.1 Å². The van der Waals surface area contributed by atoms with Gasteiger partial charge in [0.1, 0.15) is 17.7 Å². The Hall–Kier alpha value is -2.11. The smallest absolute Gasteiger partial charge is 0.258 e. The largest absolute Gasteiger partial charge is 0.321 e. The van der Waals surface area contributed by atoms with Gasteiger partial charge in [-0.05, 0) is 12.1 Å². The molecule has 1 amide bonds. The second kappa shape index (κ2) is 3.80. The molecule has 1 N–H and O–H groups in total. The van der Waals surface area contributed by atoms with Crippen molar-refractivity contribution in [1.82, 2.24) is 0 Å². The minimum Gasteiger partial charge on any atom is -0.321 e. The van der Waals surface area contributed by atoms with Crippen LogP contribution in [0.5, 0.6) is 0 Å². The van der Waals surface area contributed by atoms with Crippen molar-refractivity contribution in [2.24, 2.45) is 0 Å². The van der Waals surface area contributed by atoms with Crippen molar-refractivity contribution < 1.29 is 4.79 Å². The normalized spacial score (nSPS) is 12.4. The topological polar surface area (TPSA) is 76.7 Å². The first-order valence-electron chi connectivity index (χ1n) is 4.33. The molecule has 1 aromatic rings. The number of anilines is 1. The maximum Gasteiger partial charge on any atom is 0.258 e. The van der Waals surface area contributed by atoms with Gasteiger partial charge >= 0.3 is 0 Å². The number of nitrogens with zero attached hydrogens (tertiary/aromatic N) is 2. The van der Waals surface area contributed by atoms with E-state index in [1.165, 1.54) is 0 Å². The molecule has 76 valence electrons. The number of carbonyl (C=O) groups excluding carboxylic acids is 1. The van der Waals surface area contributed by atoms with Crippen LogP contribution in [0.25, 0.3) is 5.57 Å². The summed E-state index contributed by atoms with van der Waals surface area (Å²) in [6, 6.07) is 8.63. The Labute approximate surface area is 99.9 Å². The van der Waals surface area contributed by atoms with E-state index in [-0.39, 0.29) is 11.1 Å². The van der Waals surface area contributed by atoms with E-state index in [0.717, 1.165) is 4.47 Å². The molecule has 16 heavy (non-hydrogen) atoms. The number of hydrogen-bond donors (Lipinski definition) is 1. The number of carbonyl (C=O) groups is 1. The first-order valence-corrected chi connectivity index (χ1v) is 5.12. The summed E-state index contributed by atoms with van der Waals surface area (Å²) in [7, 11) is 0. The lowest BCUT2D eigenvalue weighted by Crippen LogP contribution is -2.05. The monoisotopic (exact) mass is 273 g/mol. The van der Waals surface area contributed by atoms with E-state index in [0.29, 0.717) is 11.3 Å². The summed E-state index contributed by atoms with van der Waals surface area (Å²) < 4.78 is 0.822. The van der Waals surface area contributed by atoms with E-state index in [2.05, 4.69) is 21.2 Å². The van der Waals surface area contributed by atoms with E-state index < -0.39 is 5.91 Å². The number of nitrogens with one attached hydrogen (secondary N) is 1. The van der Waals surface area contributed by atoms with Gasteiger partial charge < -0.3 is 5.32 Å². The molecule has 1 aromatic carbocycles. The van der Waals surface area contributed by atoms with Crippen LogP contribution >= 0.6 is 15.9 Å². The van der Waals surface area contributed by atoms with Crippen LogP contribution in [0.3, 0.4) is 0 Å². The standard InChI is InChI=1S/C11H4BrN3O/c12-7-1-2-8-9(3-7)15-11(16)10(8)6(4-13)5-14/h1-3H,(H,15,16). The Morgan fingerprint density at radius 3 is 2.62 bits per heavy atom. The molecular formula is C11H4BrN3O. The number of allylic oxidation sites excluding steroid dienone is 1. The fourth-order valence-corrected chi connectivity index (χ4v) is 1.89. The lowest BCUT2D eigenvalue weighted by atomic mass is 10.0. The zero-order chi connectivity index (χ0) is 11.7. The summed E-state index contributed by atoms with van der Waals surface area (Å²) in [4.78, 5) is 11.6. The number of halogens is 1. The molecule has 0 atom stereocenters. The highest BCUT2D eigenvalue weighted by molar-refractivity contribution is 9.10. The van der Waals surface area contributed by atoms with Gasteiger partial charge in [0.25, 0.3) is 5.91 Å².